The average molecular weight is 1860 g/mol. The maximum atomic E-state index is 10.0. The van der Waals surface area contributed by atoms with Gasteiger partial charge in [-0.3, -0.25) is 0 Å². The van der Waals surface area contributed by atoms with Crippen molar-refractivity contribution in [2.75, 3.05) is 13.2 Å². The molecular formula is C54H108BLiO7UW4. The topological polar surface area (TPSA) is 127 Å². The van der Waals surface area contributed by atoms with Gasteiger partial charge in [0.15, 0.2) is 0 Å². The van der Waals surface area contributed by atoms with Crippen molar-refractivity contribution in [3.8, 4) is 41.4 Å². The molecule has 0 aromatic heterocycles. The smallest absolute Gasteiger partial charge is 0.694 e. The third-order valence-corrected chi connectivity index (χ3v) is 8.96. The summed E-state index contributed by atoms with van der Waals surface area (Å²) < 4.78 is 10.2. The molecule has 1 aliphatic rings. The quantitative estimate of drug-likeness (QED) is 0.0482. The number of aldehydes is 1. The molecule has 5 N–H and O–H groups in total. The summed E-state index contributed by atoms with van der Waals surface area (Å²) in [5.74, 6) is 21.2. The van der Waals surface area contributed by atoms with E-state index in [1.165, 1.54) is 12.8 Å². The van der Waals surface area contributed by atoms with Crippen molar-refractivity contribution in [1.82, 2.24) is 0 Å². The number of ether oxygens (including phenoxy) is 1. The molecule has 7 nitrogen and oxygen atoms in total. The Kier molecular flexibility index (Phi) is 139. The second kappa shape index (κ2) is 82.9. The van der Waals surface area contributed by atoms with Crippen molar-refractivity contribution >= 4 is 14.7 Å². The number of hydrogen-bond donors (Lipinski definition) is 5. The largest absolute Gasteiger partial charge is 1.00 e. The number of allylic oxidation sites excluding steroid dienone is 1. The van der Waals surface area contributed by atoms with Crippen LogP contribution in [0.25, 0.3) is 0 Å². The van der Waals surface area contributed by atoms with Crippen molar-refractivity contribution < 1.29 is 169 Å². The van der Waals surface area contributed by atoms with Gasteiger partial charge in [0, 0.05) is 155 Å². The van der Waals surface area contributed by atoms with Gasteiger partial charge in [-0.15, -0.1) is 23.7 Å². The summed E-state index contributed by atoms with van der Waals surface area (Å²) in [5.41, 5.74) is 0. The van der Waals surface area contributed by atoms with Crippen molar-refractivity contribution in [2.24, 2.45) is 53.3 Å². The molecule has 0 aromatic carbocycles. The summed E-state index contributed by atoms with van der Waals surface area (Å²) in [7, 11) is 3.75. The third kappa shape index (κ3) is 81.9. The molecule has 1 rings (SSSR count). The Balaban J connectivity index is -0.0000000311. The van der Waals surface area contributed by atoms with Crippen LogP contribution < -0.4 is 18.9 Å². The number of carbonyl (C=O) groups excluding carboxylic acids is 1. The van der Waals surface area contributed by atoms with E-state index in [-0.39, 0.29) is 225 Å². The van der Waals surface area contributed by atoms with E-state index >= 15 is 0 Å². The zero-order valence-electron chi connectivity index (χ0n) is 43.5. The first-order valence-electron chi connectivity index (χ1n) is 21.3. The van der Waals surface area contributed by atoms with Crippen molar-refractivity contribution in [3.05, 3.63) is 18.6 Å². The van der Waals surface area contributed by atoms with E-state index in [0.29, 0.717) is 36.5 Å². The molecule has 0 amide bonds. The van der Waals surface area contributed by atoms with Crippen LogP contribution in [0.3, 0.4) is 0 Å². The van der Waals surface area contributed by atoms with E-state index in [2.05, 4.69) is 71.6 Å². The molecular weight excluding hydrogens is 1750 g/mol. The van der Waals surface area contributed by atoms with Crippen molar-refractivity contribution in [1.29, 1.82) is 1.34 Å². The predicted molar refractivity (Wildman–Crippen MR) is 278 cm³/mol. The maximum absolute atomic E-state index is 10.0. The van der Waals surface area contributed by atoms with E-state index in [1.807, 2.05) is 81.2 Å². The van der Waals surface area contributed by atoms with Crippen LogP contribution in [0.4, 0.5) is 0 Å². The van der Waals surface area contributed by atoms with Crippen LogP contribution in [0.15, 0.2) is 12.2 Å². The number of aliphatic hydroxyl groups is 5. The standard InChI is InChI=1S/C12H22O.C11H20O2.C11H18O.C8H16O2.C4H8O.C3H3.5CH4.BH.Li.U.4W/c1-6-7-10(4)8-11(5)12(13)9(2)3;1-5-6-10(12)7-9(4)11(13)8(2)3;1-5-6-7-8-10(4)11(12)9(2)3;1-6(2)8(10)7(3)4-5-9;1-2-4-5-3-1;1-3-2;;;;;;;;;;;;/h9-13H,8H2,1-5H3;8-13H,7H2,1-4H3;7-12H,1-4H3;5-8,10H,4H2,1-3H3;1-4H2;1H3;5*1H4;1H;;;;;;/q;;;;;-1;;;;;;;+1;;;;;/b;;8-7+;;;;;;;;;;;;;;;/t10?,11-,12+;9-,10?,11+;10-,11+;7-,8+;;;;;;;;;;;;;;/m1111............../s1/i;;;;;;;;;;;1D;;;;;;. The molecule has 0 aromatic rings. The van der Waals surface area contributed by atoms with Gasteiger partial charge in [-0.25, -0.2) is 0 Å². The number of aliphatic hydroxyl groups excluding tert-OH is 5. The maximum Gasteiger partial charge on any atom is 1.00 e. The fourth-order valence-corrected chi connectivity index (χ4v) is 5.50. The minimum atomic E-state index is -0.603. The van der Waals surface area contributed by atoms with E-state index < -0.39 is 6.10 Å². The van der Waals surface area contributed by atoms with Crippen LogP contribution in [0.1, 0.15) is 187 Å². The Morgan fingerprint density at radius 1 is 0.588 bits per heavy atom. The van der Waals surface area contributed by atoms with Gasteiger partial charge >= 0.3 is 18.9 Å². The van der Waals surface area contributed by atoms with Crippen LogP contribution >= 0.6 is 0 Å². The minimum absolute atomic E-state index is 0. The van der Waals surface area contributed by atoms with Gasteiger partial charge in [0.1, 0.15) is 12.4 Å². The Labute approximate surface area is 523 Å². The molecule has 2 unspecified atom stereocenters. The van der Waals surface area contributed by atoms with Crippen LogP contribution in [-0.4, -0.2) is 85.3 Å². The molecule has 398 valence electrons. The van der Waals surface area contributed by atoms with E-state index in [0.717, 1.165) is 25.9 Å². The van der Waals surface area contributed by atoms with Gasteiger partial charge in [0.2, 0.25) is 0 Å². The van der Waals surface area contributed by atoms with E-state index in [9.17, 15) is 30.3 Å². The van der Waals surface area contributed by atoms with Crippen LogP contribution in [0.5, 0.6) is 0 Å². The molecule has 0 saturated carbocycles. The summed E-state index contributed by atoms with van der Waals surface area (Å²) in [4.78, 5) is 10.0. The Bertz CT molecular complexity index is 1150. The Morgan fingerprint density at radius 3 is 1.18 bits per heavy atom. The second-order valence-corrected chi connectivity index (χ2v) is 16.1. The van der Waals surface area contributed by atoms with Gasteiger partial charge in [-0.05, 0) is 102 Å². The fourth-order valence-electron chi connectivity index (χ4n) is 5.50. The normalized spacial score (nSPS) is 13.9. The number of hydrogen-bond acceptors (Lipinski definition) is 7. The molecule has 0 aliphatic carbocycles. The van der Waals surface area contributed by atoms with Gasteiger partial charge in [-0.2, -0.15) is 0 Å². The molecule has 1 saturated heterocycles. The first-order valence-corrected chi connectivity index (χ1v) is 20.8. The summed E-state index contributed by atoms with van der Waals surface area (Å²) >= 11 is 0. The zero-order chi connectivity index (χ0) is 46.8. The average Bonchev–Trinajstić information content (AvgIpc) is 3.76. The monoisotopic (exact) mass is 1860 g/mol. The summed E-state index contributed by atoms with van der Waals surface area (Å²) in [6.07, 6.45) is 13.3. The van der Waals surface area contributed by atoms with Crippen LogP contribution in [0.2, 0.25) is 0 Å². The molecule has 1 fully saturated rings. The predicted octanol–water partition coefficient (Wildman–Crippen LogP) is 8.47. The molecule has 0 bridgehead atoms. The third-order valence-electron chi connectivity index (χ3n) is 8.96. The van der Waals surface area contributed by atoms with Crippen LogP contribution in [-0.2, 0) is 93.8 Å². The number of carbonyl (C=O) groups is 1. The van der Waals surface area contributed by atoms with Gasteiger partial charge in [-0.1, -0.05) is 145 Å². The molecule has 68 heavy (non-hydrogen) atoms. The summed E-state index contributed by atoms with van der Waals surface area (Å²) in [5, 5.41) is 47.7. The first kappa shape index (κ1) is 114. The van der Waals surface area contributed by atoms with E-state index in [1.54, 1.807) is 26.8 Å². The van der Waals surface area contributed by atoms with Crippen LogP contribution in [0, 0.1) is 132 Å². The number of rotatable bonds is 15. The molecule has 1 aliphatic heterocycles. The second-order valence-electron chi connectivity index (χ2n) is 16.1. The van der Waals surface area contributed by atoms with Gasteiger partial charge in [0.05, 0.1) is 24.4 Å². The minimum Gasteiger partial charge on any atom is -0.694 e. The SMILES string of the molecule is C.C.C.C.C.C1CCOC1.CC#C/C=C/[C@@H](C)[C@@H](O)C(C)C.CC#CC(C)C[C@@H](C)[C@@H](O)C(C)C.CC#CC(O)C[C@@H](C)[C@@H](O)C(C)C.CC(C)[C@H](O)[C@H](C)CC=O.[2H][B].[C-]#CC.[Li+].[U].[W].[W].[W].[W]. The molecule has 10 atom stereocenters. The van der Waals surface area contributed by atoms with Gasteiger partial charge in [0.25, 0.3) is 0 Å². The summed E-state index contributed by atoms with van der Waals surface area (Å²) in [6.45, 7) is 34.9. The Hall–Kier alpha value is 1.88. The fraction of sp³-hybridized carbons (Fsp3) is 0.796. The Morgan fingerprint density at radius 2 is 0.912 bits per heavy atom. The van der Waals surface area contributed by atoms with Crippen molar-refractivity contribution in [3.63, 3.8) is 0 Å². The van der Waals surface area contributed by atoms with Crippen molar-refractivity contribution in [2.45, 2.75) is 217 Å². The summed E-state index contributed by atoms with van der Waals surface area (Å²) in [6, 6.07) is 0. The molecule has 2 radical (unpaired) electrons. The van der Waals surface area contributed by atoms with Gasteiger partial charge < -0.3 is 47.4 Å². The molecule has 1 heterocycles. The molecule has 0 spiro atoms. The first-order chi connectivity index (χ1) is 27.1. The van der Waals surface area contributed by atoms with E-state index in [4.69, 9.17) is 12.5 Å². The zero-order valence-corrected chi connectivity index (χ0v) is 58.4. The molecule has 14 heteroatoms.